The lowest BCUT2D eigenvalue weighted by atomic mass is 10.3. The summed E-state index contributed by atoms with van der Waals surface area (Å²) in [5, 5.41) is 1.01. The minimum atomic E-state index is -4.42. The van der Waals surface area contributed by atoms with Crippen LogP contribution in [0.5, 0.6) is 23.0 Å². The molecule has 0 aliphatic heterocycles. The molecule has 0 atom stereocenters. The monoisotopic (exact) mass is 654 g/mol. The van der Waals surface area contributed by atoms with Gasteiger partial charge in [-0.05, 0) is 97.1 Å². The summed E-state index contributed by atoms with van der Waals surface area (Å²) in [6, 6.07) is 24.3. The molecule has 0 amide bonds. The van der Waals surface area contributed by atoms with E-state index in [1.807, 2.05) is 0 Å². The molecule has 4 rings (SSSR count). The molecule has 0 radical (unpaired) electrons. The van der Waals surface area contributed by atoms with Gasteiger partial charge in [0.15, 0.2) is 0 Å². The van der Waals surface area contributed by atoms with Crippen LogP contribution in [0.1, 0.15) is 0 Å². The van der Waals surface area contributed by atoms with Crippen molar-refractivity contribution in [2.24, 2.45) is 0 Å². The largest absolute Gasteiger partial charge is 0.463 e. The summed E-state index contributed by atoms with van der Waals surface area (Å²) in [4.78, 5) is 0. The Balaban J connectivity index is 1.74. The number of hydrogen-bond acceptors (Lipinski definition) is 6. The van der Waals surface area contributed by atoms with Crippen molar-refractivity contribution in [1.29, 1.82) is 0 Å². The average Bonchev–Trinajstić information content (AvgIpc) is 2.93. The van der Waals surface area contributed by atoms with Crippen LogP contribution in [0.4, 0.5) is 0 Å². The number of allylic oxidation sites excluding steroid dienone is 2. The first-order chi connectivity index (χ1) is 19.0. The summed E-state index contributed by atoms with van der Waals surface area (Å²) in [5.74, 6) is 0.566. The summed E-state index contributed by atoms with van der Waals surface area (Å²) < 4.78 is 52.0. The second-order valence-corrected chi connectivity index (χ2v) is 13.6. The van der Waals surface area contributed by atoms with Crippen LogP contribution in [0.3, 0.4) is 0 Å². The maximum absolute atomic E-state index is 14.4. The smallest absolute Gasteiger partial charge is 0.413 e. The van der Waals surface area contributed by atoms with E-state index in [0.717, 1.165) is 0 Å². The van der Waals surface area contributed by atoms with Gasteiger partial charge >= 0.3 is 15.2 Å². The molecule has 0 aliphatic rings. The van der Waals surface area contributed by atoms with E-state index < -0.39 is 15.2 Å². The van der Waals surface area contributed by atoms with Gasteiger partial charge in [0, 0.05) is 20.1 Å². The van der Waals surface area contributed by atoms with Crippen molar-refractivity contribution in [3.8, 4) is 23.0 Å². The quantitative estimate of drug-likeness (QED) is 0.118. The highest BCUT2D eigenvalue weighted by Crippen LogP contribution is 2.66. The van der Waals surface area contributed by atoms with Gasteiger partial charge in [-0.15, -0.1) is 0 Å². The zero-order valence-corrected chi connectivity index (χ0v) is 25.3. The lowest BCUT2D eigenvalue weighted by Gasteiger charge is -2.26. The van der Waals surface area contributed by atoms with Crippen LogP contribution in [-0.4, -0.2) is 0 Å². The predicted molar refractivity (Wildman–Crippen MR) is 162 cm³/mol. The number of hydrogen-bond donors (Lipinski definition) is 0. The molecular formula is C28H20Cl4O6P2. The molecule has 0 N–H and O–H groups in total. The maximum Gasteiger partial charge on any atom is 0.463 e. The molecule has 0 bridgehead atoms. The fourth-order valence-electron chi connectivity index (χ4n) is 3.11. The minimum Gasteiger partial charge on any atom is -0.413 e. The Morgan fingerprint density at radius 2 is 0.600 bits per heavy atom. The highest BCUT2D eigenvalue weighted by molar-refractivity contribution is 7.65. The molecule has 4 aromatic rings. The van der Waals surface area contributed by atoms with Crippen molar-refractivity contribution >= 4 is 61.6 Å². The summed E-state index contributed by atoms with van der Waals surface area (Å²) >= 11 is 23.9. The molecule has 0 spiro atoms. The van der Waals surface area contributed by atoms with E-state index in [9.17, 15) is 9.13 Å². The molecule has 0 fully saturated rings. The topological polar surface area (TPSA) is 71.1 Å². The molecule has 12 heteroatoms. The lowest BCUT2D eigenvalue weighted by molar-refractivity contribution is 0.387. The number of rotatable bonds is 11. The minimum absolute atomic E-state index is 0.141. The second kappa shape index (κ2) is 12.8. The van der Waals surface area contributed by atoms with E-state index in [4.69, 9.17) is 64.5 Å². The lowest BCUT2D eigenvalue weighted by Crippen LogP contribution is -2.09. The Labute approximate surface area is 251 Å². The molecule has 6 nitrogen and oxygen atoms in total. The fraction of sp³-hybridized carbons (Fsp3) is 0. The van der Waals surface area contributed by atoms with E-state index >= 15 is 0 Å². The third kappa shape index (κ3) is 7.67. The van der Waals surface area contributed by atoms with Crippen molar-refractivity contribution in [2.75, 3.05) is 0 Å². The zero-order chi connectivity index (χ0) is 28.9. The van der Waals surface area contributed by atoms with E-state index in [0.29, 0.717) is 20.1 Å². The molecule has 206 valence electrons. The standard InChI is InChI=1S/C28H20Cl4O6P2/c1-19(39(33,35-25-11-3-21(29)4-12-25)36-26-13-5-22(30)6-14-26)20(2)40(34,37-27-15-7-23(31)8-16-27)38-28-17-9-24(32)10-18-28/h3-18H,1-2H2. The number of halogens is 4. The highest BCUT2D eigenvalue weighted by atomic mass is 35.5. The van der Waals surface area contributed by atoms with Crippen LogP contribution in [0.2, 0.25) is 20.1 Å². The normalized spacial score (nSPS) is 11.4. The van der Waals surface area contributed by atoms with Crippen molar-refractivity contribution in [1.82, 2.24) is 0 Å². The maximum atomic E-state index is 14.4. The summed E-state index contributed by atoms with van der Waals surface area (Å²) in [6.45, 7) is 7.79. The van der Waals surface area contributed by atoms with Gasteiger partial charge in [-0.2, -0.15) is 0 Å². The third-order valence-electron chi connectivity index (χ3n) is 5.15. The Hall–Kier alpha value is -2.82. The first kappa shape index (κ1) is 30.1. The summed E-state index contributed by atoms with van der Waals surface area (Å²) in [7, 11) is -8.83. The first-order valence-corrected chi connectivity index (χ1v) is 16.0. The van der Waals surface area contributed by atoms with Gasteiger partial charge in [0.05, 0.1) is 10.6 Å². The molecule has 0 unspecified atom stereocenters. The van der Waals surface area contributed by atoms with Gasteiger partial charge in [0.25, 0.3) is 0 Å². The van der Waals surface area contributed by atoms with E-state index in [1.165, 1.54) is 48.5 Å². The molecule has 0 aliphatic carbocycles. The predicted octanol–water partition coefficient (Wildman–Crippen LogP) is 11.3. The van der Waals surface area contributed by atoms with E-state index in [-0.39, 0.29) is 33.6 Å². The third-order valence-corrected chi connectivity index (χ3v) is 10.0. The molecule has 40 heavy (non-hydrogen) atoms. The van der Waals surface area contributed by atoms with Crippen molar-refractivity contribution < 1.29 is 27.2 Å². The second-order valence-electron chi connectivity index (χ2n) is 8.07. The highest BCUT2D eigenvalue weighted by Gasteiger charge is 2.44. The van der Waals surface area contributed by atoms with Gasteiger partial charge in [0.1, 0.15) is 23.0 Å². The van der Waals surface area contributed by atoms with Crippen LogP contribution in [-0.2, 0) is 9.13 Å². The van der Waals surface area contributed by atoms with Gasteiger partial charge in [-0.1, -0.05) is 59.6 Å². The van der Waals surface area contributed by atoms with Crippen molar-refractivity contribution in [3.05, 3.63) is 141 Å². The van der Waals surface area contributed by atoms with E-state index in [1.54, 1.807) is 48.5 Å². The average molecular weight is 656 g/mol. The Kier molecular flexibility index (Phi) is 9.64. The van der Waals surface area contributed by atoms with Crippen LogP contribution in [0.25, 0.3) is 0 Å². The summed E-state index contributed by atoms with van der Waals surface area (Å²) in [6.07, 6.45) is 0. The molecule has 0 saturated heterocycles. The van der Waals surface area contributed by atoms with Crippen LogP contribution >= 0.6 is 61.6 Å². The summed E-state index contributed by atoms with van der Waals surface area (Å²) in [5.41, 5.74) is 0. The molecule has 0 aromatic heterocycles. The van der Waals surface area contributed by atoms with Crippen LogP contribution in [0, 0.1) is 0 Å². The van der Waals surface area contributed by atoms with Gasteiger partial charge in [-0.3, -0.25) is 0 Å². The Bertz CT molecular complexity index is 1380. The molecule has 0 saturated carbocycles. The Morgan fingerprint density at radius 1 is 0.425 bits per heavy atom. The van der Waals surface area contributed by atoms with Gasteiger partial charge in [-0.25, -0.2) is 9.13 Å². The zero-order valence-electron chi connectivity index (χ0n) is 20.5. The molecule has 4 aromatic carbocycles. The number of benzene rings is 4. The molecule has 0 heterocycles. The van der Waals surface area contributed by atoms with Crippen LogP contribution < -0.4 is 18.1 Å². The van der Waals surface area contributed by atoms with Crippen molar-refractivity contribution in [3.63, 3.8) is 0 Å². The van der Waals surface area contributed by atoms with Gasteiger partial charge < -0.3 is 18.1 Å². The van der Waals surface area contributed by atoms with Gasteiger partial charge in [0.2, 0.25) is 0 Å². The van der Waals surface area contributed by atoms with E-state index in [2.05, 4.69) is 13.2 Å². The van der Waals surface area contributed by atoms with Crippen LogP contribution in [0.15, 0.2) is 121 Å². The SMILES string of the molecule is C=C(C(=C)P(=O)(Oc1ccc(Cl)cc1)Oc1ccc(Cl)cc1)P(=O)(Oc1ccc(Cl)cc1)Oc1ccc(Cl)cc1. The fourth-order valence-corrected chi connectivity index (χ4v) is 7.09. The first-order valence-electron chi connectivity index (χ1n) is 11.4. The molecular weight excluding hydrogens is 636 g/mol. The Morgan fingerprint density at radius 3 is 0.775 bits per heavy atom. The van der Waals surface area contributed by atoms with Crippen molar-refractivity contribution in [2.45, 2.75) is 0 Å².